The van der Waals surface area contributed by atoms with E-state index >= 15 is 0 Å². The molecule has 2 fully saturated rings. The Morgan fingerprint density at radius 3 is 2.40 bits per heavy atom. The van der Waals surface area contributed by atoms with Crippen molar-refractivity contribution in [1.29, 1.82) is 0 Å². The number of piperidine rings is 1. The van der Waals surface area contributed by atoms with Gasteiger partial charge < -0.3 is 10.4 Å². The van der Waals surface area contributed by atoms with Crippen LogP contribution in [0.3, 0.4) is 0 Å². The first kappa shape index (κ1) is 18.4. The number of aliphatic hydroxyl groups is 1. The summed E-state index contributed by atoms with van der Waals surface area (Å²) < 4.78 is 0. The fourth-order valence-corrected chi connectivity index (χ4v) is 3.82. The van der Waals surface area contributed by atoms with Gasteiger partial charge >= 0.3 is 0 Å². The van der Waals surface area contributed by atoms with E-state index in [1.807, 2.05) is 12.1 Å². The lowest BCUT2D eigenvalue weighted by molar-refractivity contribution is 0.0939. The zero-order valence-electron chi connectivity index (χ0n) is 15.6. The van der Waals surface area contributed by atoms with Gasteiger partial charge in [-0.05, 0) is 73.7 Å². The number of carbonyl (C=O) groups is 1. The van der Waals surface area contributed by atoms with Crippen LogP contribution in [0.25, 0.3) is 0 Å². The van der Waals surface area contributed by atoms with E-state index in [0.717, 1.165) is 44.6 Å². The molecule has 0 spiro atoms. The summed E-state index contributed by atoms with van der Waals surface area (Å²) in [6, 6.07) is 8.03. The normalized spacial score (nSPS) is 20.6. The van der Waals surface area contributed by atoms with Crippen LogP contribution in [0.2, 0.25) is 0 Å². The summed E-state index contributed by atoms with van der Waals surface area (Å²) in [5.41, 5.74) is 2.35. The largest absolute Gasteiger partial charge is 0.396 e. The van der Waals surface area contributed by atoms with Crippen LogP contribution in [0.1, 0.15) is 55.5 Å². The minimum Gasteiger partial charge on any atom is -0.396 e. The maximum Gasteiger partial charge on any atom is 0.251 e. The third kappa shape index (κ3) is 4.62. The number of benzene rings is 1. The van der Waals surface area contributed by atoms with Crippen molar-refractivity contribution in [2.45, 2.75) is 46.1 Å². The van der Waals surface area contributed by atoms with Gasteiger partial charge in [0.05, 0.1) is 0 Å². The van der Waals surface area contributed by atoms with Gasteiger partial charge in [0.1, 0.15) is 0 Å². The van der Waals surface area contributed by atoms with Gasteiger partial charge in [0, 0.05) is 25.3 Å². The third-order valence-corrected chi connectivity index (χ3v) is 6.31. The van der Waals surface area contributed by atoms with E-state index in [2.05, 4.69) is 36.2 Å². The molecule has 138 valence electrons. The summed E-state index contributed by atoms with van der Waals surface area (Å²) in [5.74, 6) is 1.15. The Kier molecular flexibility index (Phi) is 5.80. The first-order valence-corrected chi connectivity index (χ1v) is 9.73. The Hall–Kier alpha value is -1.39. The van der Waals surface area contributed by atoms with Crippen molar-refractivity contribution >= 4 is 5.91 Å². The van der Waals surface area contributed by atoms with E-state index in [1.54, 1.807) is 0 Å². The molecule has 1 saturated carbocycles. The molecular weight excluding hydrogens is 312 g/mol. The molecule has 4 heteroatoms. The lowest BCUT2D eigenvalue weighted by atomic mass is 9.92. The minimum absolute atomic E-state index is 0.0437. The predicted octanol–water partition coefficient (Wildman–Crippen LogP) is 3.06. The van der Waals surface area contributed by atoms with Gasteiger partial charge in [0.2, 0.25) is 0 Å². The van der Waals surface area contributed by atoms with E-state index < -0.39 is 0 Å². The molecule has 1 aromatic carbocycles. The molecule has 1 aromatic rings. The van der Waals surface area contributed by atoms with Crippen LogP contribution in [0.5, 0.6) is 0 Å². The summed E-state index contributed by atoms with van der Waals surface area (Å²) in [7, 11) is 0. The maximum atomic E-state index is 12.4. The summed E-state index contributed by atoms with van der Waals surface area (Å²) >= 11 is 0. The van der Waals surface area contributed by atoms with E-state index in [9.17, 15) is 9.90 Å². The fourth-order valence-electron chi connectivity index (χ4n) is 3.82. The third-order valence-electron chi connectivity index (χ3n) is 6.31. The highest BCUT2D eigenvalue weighted by atomic mass is 16.3. The number of amides is 1. The second-order valence-electron chi connectivity index (χ2n) is 8.30. The van der Waals surface area contributed by atoms with E-state index in [4.69, 9.17) is 0 Å². The van der Waals surface area contributed by atoms with Crippen LogP contribution in [0, 0.1) is 17.3 Å². The van der Waals surface area contributed by atoms with Crippen molar-refractivity contribution < 1.29 is 9.90 Å². The number of likely N-dealkylation sites (tertiary alicyclic amines) is 1. The Labute approximate surface area is 151 Å². The highest BCUT2D eigenvalue weighted by Gasteiger charge is 2.45. The van der Waals surface area contributed by atoms with Gasteiger partial charge in [-0.3, -0.25) is 9.69 Å². The summed E-state index contributed by atoms with van der Waals surface area (Å²) in [6.07, 6.45) is 4.62. The van der Waals surface area contributed by atoms with E-state index in [0.29, 0.717) is 23.9 Å². The van der Waals surface area contributed by atoms with Crippen molar-refractivity contribution in [3.63, 3.8) is 0 Å². The molecule has 25 heavy (non-hydrogen) atoms. The zero-order chi connectivity index (χ0) is 17.9. The lowest BCUT2D eigenvalue weighted by Gasteiger charge is -2.31. The molecule has 0 radical (unpaired) electrons. The molecule has 1 saturated heterocycles. The van der Waals surface area contributed by atoms with Gasteiger partial charge in [-0.15, -0.1) is 0 Å². The van der Waals surface area contributed by atoms with Crippen molar-refractivity contribution in [3.8, 4) is 0 Å². The van der Waals surface area contributed by atoms with Crippen molar-refractivity contribution in [2.75, 3.05) is 26.2 Å². The Bertz CT molecular complexity index is 570. The Balaban J connectivity index is 1.48. The van der Waals surface area contributed by atoms with E-state index in [-0.39, 0.29) is 5.91 Å². The van der Waals surface area contributed by atoms with Crippen LogP contribution in [-0.2, 0) is 6.54 Å². The van der Waals surface area contributed by atoms with Gasteiger partial charge in [-0.1, -0.05) is 26.0 Å². The predicted molar refractivity (Wildman–Crippen MR) is 100 cm³/mol. The van der Waals surface area contributed by atoms with Gasteiger partial charge in [-0.25, -0.2) is 0 Å². The highest BCUT2D eigenvalue weighted by Crippen LogP contribution is 2.51. The first-order valence-electron chi connectivity index (χ1n) is 9.73. The first-order chi connectivity index (χ1) is 12.0. The number of rotatable bonds is 7. The highest BCUT2D eigenvalue weighted by molar-refractivity contribution is 5.94. The molecule has 1 amide bonds. The molecule has 2 N–H and O–H groups in total. The standard InChI is InChI=1S/C21H32N2O2/c1-16(2)21(9-10-21)15-22-20(25)19-5-3-17(4-6-19)13-23-11-7-18(14-24)8-12-23/h3-6,16,18,24H,7-15H2,1-2H3,(H,22,25). The molecule has 0 unspecified atom stereocenters. The number of nitrogens with zero attached hydrogens (tertiary/aromatic N) is 1. The molecular formula is C21H32N2O2. The van der Waals surface area contributed by atoms with Crippen molar-refractivity contribution in [1.82, 2.24) is 10.2 Å². The number of hydrogen-bond acceptors (Lipinski definition) is 3. The average Bonchev–Trinajstić information content (AvgIpc) is 3.42. The lowest BCUT2D eigenvalue weighted by Crippen LogP contribution is -2.34. The van der Waals surface area contributed by atoms with Crippen molar-refractivity contribution in [2.24, 2.45) is 17.3 Å². The van der Waals surface area contributed by atoms with Crippen LogP contribution in [0.15, 0.2) is 24.3 Å². The Morgan fingerprint density at radius 1 is 1.24 bits per heavy atom. The maximum absolute atomic E-state index is 12.4. The van der Waals surface area contributed by atoms with Gasteiger partial charge in [0.25, 0.3) is 5.91 Å². The number of carbonyl (C=O) groups excluding carboxylic acids is 1. The zero-order valence-corrected chi connectivity index (χ0v) is 15.6. The number of nitrogens with one attached hydrogen (secondary N) is 1. The van der Waals surface area contributed by atoms with Crippen molar-refractivity contribution in [3.05, 3.63) is 35.4 Å². The monoisotopic (exact) mass is 344 g/mol. The second kappa shape index (κ2) is 7.88. The molecule has 0 bridgehead atoms. The SMILES string of the molecule is CC(C)C1(CNC(=O)c2ccc(CN3CCC(CO)CC3)cc2)CC1. The van der Waals surface area contributed by atoms with Crippen LogP contribution >= 0.6 is 0 Å². The molecule has 1 heterocycles. The average molecular weight is 344 g/mol. The van der Waals surface area contributed by atoms with Gasteiger partial charge in [0.15, 0.2) is 0 Å². The molecule has 0 aromatic heterocycles. The molecule has 1 aliphatic carbocycles. The molecule has 3 rings (SSSR count). The summed E-state index contributed by atoms with van der Waals surface area (Å²) in [4.78, 5) is 14.8. The van der Waals surface area contributed by atoms with Crippen LogP contribution in [0.4, 0.5) is 0 Å². The number of aliphatic hydroxyl groups excluding tert-OH is 1. The fraction of sp³-hybridized carbons (Fsp3) is 0.667. The minimum atomic E-state index is 0.0437. The number of hydrogen-bond donors (Lipinski definition) is 2. The summed E-state index contributed by atoms with van der Waals surface area (Å²) in [6.45, 7) is 8.63. The van der Waals surface area contributed by atoms with Crippen LogP contribution in [-0.4, -0.2) is 42.2 Å². The van der Waals surface area contributed by atoms with Gasteiger partial charge in [-0.2, -0.15) is 0 Å². The molecule has 4 nitrogen and oxygen atoms in total. The second-order valence-corrected chi connectivity index (χ2v) is 8.30. The van der Waals surface area contributed by atoms with E-state index in [1.165, 1.54) is 18.4 Å². The topological polar surface area (TPSA) is 52.6 Å². The molecule has 2 aliphatic rings. The molecule has 0 atom stereocenters. The molecule has 1 aliphatic heterocycles. The Morgan fingerprint density at radius 2 is 1.88 bits per heavy atom. The smallest absolute Gasteiger partial charge is 0.251 e. The summed E-state index contributed by atoms with van der Waals surface area (Å²) in [5, 5.41) is 12.3. The van der Waals surface area contributed by atoms with Crippen LogP contribution < -0.4 is 5.32 Å². The quantitative estimate of drug-likeness (QED) is 0.799.